The van der Waals surface area contributed by atoms with Crippen LogP contribution in [0.15, 0.2) is 47.8 Å². The second kappa shape index (κ2) is 9.24. The lowest BCUT2D eigenvalue weighted by Gasteiger charge is -2.34. The zero-order valence-electron chi connectivity index (χ0n) is 18.1. The van der Waals surface area contributed by atoms with Crippen LogP contribution in [0.2, 0.25) is 5.02 Å². The molecule has 0 bridgehead atoms. The fourth-order valence-electron chi connectivity index (χ4n) is 4.50. The van der Waals surface area contributed by atoms with Crippen LogP contribution in [-0.2, 0) is 6.54 Å². The van der Waals surface area contributed by atoms with Crippen LogP contribution in [0.3, 0.4) is 0 Å². The molecule has 2 atom stereocenters. The number of hydrogen-bond acceptors (Lipinski definition) is 5. The van der Waals surface area contributed by atoms with Gasteiger partial charge in [0, 0.05) is 44.0 Å². The number of rotatable bonds is 4. The van der Waals surface area contributed by atoms with Gasteiger partial charge in [0.15, 0.2) is 11.7 Å². The molecular formula is C23H23ClF3N5OS. The van der Waals surface area contributed by atoms with Gasteiger partial charge in [-0.1, -0.05) is 48.0 Å². The number of alkyl halides is 3. The highest BCUT2D eigenvalue weighted by atomic mass is 35.5. The molecule has 3 aromatic rings. The molecule has 1 aromatic carbocycles. The summed E-state index contributed by atoms with van der Waals surface area (Å²) in [6.45, 7) is 3.02. The van der Waals surface area contributed by atoms with E-state index in [9.17, 15) is 18.0 Å². The molecule has 0 unspecified atom stereocenters. The Morgan fingerprint density at radius 3 is 2.50 bits per heavy atom. The van der Waals surface area contributed by atoms with Gasteiger partial charge in [-0.15, -0.1) is 11.3 Å². The molecule has 0 radical (unpaired) electrons. The minimum atomic E-state index is -4.52. The number of carbonyl (C=O) groups excluding carboxylic acids is 1. The summed E-state index contributed by atoms with van der Waals surface area (Å²) < 4.78 is 42.6. The molecule has 2 aromatic heterocycles. The highest BCUT2D eigenvalue weighted by molar-refractivity contribution is 7.10. The number of carbonyl (C=O) groups is 1. The van der Waals surface area contributed by atoms with Gasteiger partial charge in [0.25, 0.3) is 5.91 Å². The number of nitrogens with zero attached hydrogens (tertiary/aromatic N) is 4. The number of benzene rings is 1. The third-order valence-corrected chi connectivity index (χ3v) is 7.64. The van der Waals surface area contributed by atoms with Crippen molar-refractivity contribution in [3.05, 3.63) is 69.0 Å². The molecule has 0 aliphatic carbocycles. The summed E-state index contributed by atoms with van der Waals surface area (Å²) in [5.74, 6) is -0.402. The number of piperazine rings is 1. The number of halogens is 4. The Balaban J connectivity index is 1.34. The van der Waals surface area contributed by atoms with E-state index in [2.05, 4.69) is 27.4 Å². The first kappa shape index (κ1) is 23.2. The van der Waals surface area contributed by atoms with E-state index in [0.717, 1.165) is 16.1 Å². The average Bonchev–Trinajstić information content (AvgIpc) is 3.47. The van der Waals surface area contributed by atoms with E-state index in [1.807, 2.05) is 23.6 Å². The second-order valence-electron chi connectivity index (χ2n) is 8.52. The highest BCUT2D eigenvalue weighted by Gasteiger charge is 2.48. The molecule has 180 valence electrons. The Morgan fingerprint density at radius 2 is 1.85 bits per heavy atom. The number of hydrogen-bond donors (Lipinski definition) is 1. The fourth-order valence-corrected chi connectivity index (χ4v) is 5.55. The lowest BCUT2D eigenvalue weighted by molar-refractivity contribution is -0.173. The largest absolute Gasteiger partial charge is 0.410 e. The van der Waals surface area contributed by atoms with Crippen molar-refractivity contribution < 1.29 is 18.0 Å². The van der Waals surface area contributed by atoms with Gasteiger partial charge in [0.1, 0.15) is 10.8 Å². The summed E-state index contributed by atoms with van der Waals surface area (Å²) >= 11 is 7.84. The Morgan fingerprint density at radius 1 is 1.12 bits per heavy atom. The number of anilines is 1. The Bertz CT molecular complexity index is 1140. The van der Waals surface area contributed by atoms with Crippen molar-refractivity contribution >= 4 is 34.7 Å². The maximum atomic E-state index is 13.9. The van der Waals surface area contributed by atoms with Gasteiger partial charge in [-0.2, -0.15) is 18.3 Å². The third-order valence-electron chi connectivity index (χ3n) is 6.29. The van der Waals surface area contributed by atoms with Gasteiger partial charge in [0.2, 0.25) is 0 Å². The number of aromatic nitrogens is 2. The first-order chi connectivity index (χ1) is 16.3. The average molecular weight is 510 g/mol. The maximum Gasteiger partial charge on any atom is 0.410 e. The number of amides is 1. The summed E-state index contributed by atoms with van der Waals surface area (Å²) in [5.41, 5.74) is 1.05. The normalized spacial score (nSPS) is 21.2. The predicted molar refractivity (Wildman–Crippen MR) is 125 cm³/mol. The zero-order valence-corrected chi connectivity index (χ0v) is 19.7. The molecule has 5 rings (SSSR count). The SMILES string of the molecule is O=C(c1nn2c(c1Cl)N[C@@H](c1cccs1)C[C@@H]2C(F)(F)F)N1CCN(Cc2ccccc2)CC1. The first-order valence-corrected chi connectivity index (χ1v) is 12.3. The topological polar surface area (TPSA) is 53.4 Å². The maximum absolute atomic E-state index is 13.9. The summed E-state index contributed by atoms with van der Waals surface area (Å²) in [7, 11) is 0. The fraction of sp³-hybridized carbons (Fsp3) is 0.391. The van der Waals surface area contributed by atoms with Crippen LogP contribution >= 0.6 is 22.9 Å². The van der Waals surface area contributed by atoms with Crippen molar-refractivity contribution in [1.29, 1.82) is 0 Å². The van der Waals surface area contributed by atoms with Crippen molar-refractivity contribution in [3.8, 4) is 0 Å². The lowest BCUT2D eigenvalue weighted by atomic mass is 10.0. The number of fused-ring (bicyclic) bond motifs is 1. The van der Waals surface area contributed by atoms with E-state index in [4.69, 9.17) is 11.6 Å². The van der Waals surface area contributed by atoms with Gasteiger partial charge in [0.05, 0.1) is 6.04 Å². The first-order valence-electron chi connectivity index (χ1n) is 11.0. The third kappa shape index (κ3) is 4.54. The molecule has 0 spiro atoms. The van der Waals surface area contributed by atoms with Crippen LogP contribution in [-0.4, -0.2) is 57.8 Å². The van der Waals surface area contributed by atoms with E-state index >= 15 is 0 Å². The smallest absolute Gasteiger partial charge is 0.361 e. The molecular weight excluding hydrogens is 487 g/mol. The summed E-state index contributed by atoms with van der Waals surface area (Å²) in [6.07, 6.45) is -4.74. The van der Waals surface area contributed by atoms with Crippen LogP contribution in [0.4, 0.5) is 19.0 Å². The van der Waals surface area contributed by atoms with Crippen molar-refractivity contribution in [2.45, 2.75) is 31.2 Å². The van der Waals surface area contributed by atoms with Crippen molar-refractivity contribution in [1.82, 2.24) is 19.6 Å². The Labute approximate surface area is 203 Å². The predicted octanol–water partition coefficient (Wildman–Crippen LogP) is 5.22. The van der Waals surface area contributed by atoms with E-state index in [1.54, 1.807) is 17.0 Å². The summed E-state index contributed by atoms with van der Waals surface area (Å²) in [6, 6.07) is 11.2. The zero-order chi connectivity index (χ0) is 23.9. The van der Waals surface area contributed by atoms with Crippen LogP contribution in [0, 0.1) is 0 Å². The number of thiophene rings is 1. The molecule has 11 heteroatoms. The van der Waals surface area contributed by atoms with Crippen LogP contribution in [0.25, 0.3) is 0 Å². The van der Waals surface area contributed by atoms with Gasteiger partial charge in [-0.25, -0.2) is 4.68 Å². The molecule has 2 aliphatic heterocycles. The lowest BCUT2D eigenvalue weighted by Crippen LogP contribution is -2.48. The summed E-state index contributed by atoms with van der Waals surface area (Å²) in [5, 5.41) is 8.92. The monoisotopic (exact) mass is 509 g/mol. The van der Waals surface area contributed by atoms with Crippen LogP contribution in [0.5, 0.6) is 0 Å². The van der Waals surface area contributed by atoms with Gasteiger partial charge >= 0.3 is 6.18 Å². The van der Waals surface area contributed by atoms with Gasteiger partial charge < -0.3 is 10.2 Å². The highest BCUT2D eigenvalue weighted by Crippen LogP contribution is 2.47. The molecule has 1 N–H and O–H groups in total. The van der Waals surface area contributed by atoms with Crippen molar-refractivity contribution in [2.75, 3.05) is 31.5 Å². The molecule has 6 nitrogen and oxygen atoms in total. The second-order valence-corrected chi connectivity index (χ2v) is 9.87. The summed E-state index contributed by atoms with van der Waals surface area (Å²) in [4.78, 5) is 17.8. The van der Waals surface area contributed by atoms with Gasteiger partial charge in [-0.05, 0) is 17.0 Å². The van der Waals surface area contributed by atoms with Crippen LogP contribution < -0.4 is 5.32 Å². The molecule has 34 heavy (non-hydrogen) atoms. The molecule has 4 heterocycles. The molecule has 1 fully saturated rings. The van der Waals surface area contributed by atoms with E-state index in [-0.39, 0.29) is 23.0 Å². The Kier molecular flexibility index (Phi) is 6.30. The molecule has 0 saturated carbocycles. The molecule has 2 aliphatic rings. The molecule has 1 saturated heterocycles. The van der Waals surface area contributed by atoms with E-state index in [0.29, 0.717) is 26.2 Å². The molecule has 1 amide bonds. The number of nitrogens with one attached hydrogen (secondary N) is 1. The van der Waals surface area contributed by atoms with E-state index < -0.39 is 24.2 Å². The minimum Gasteiger partial charge on any atom is -0.361 e. The standard InChI is InChI=1S/C23H23ClF3N5OS/c24-19-20(22(33)31-10-8-30(9-11-31)14-15-5-2-1-3-6-15)29-32-18(23(25,26)27)13-16(28-21(19)32)17-7-4-12-34-17/h1-7,12,16,18,28H,8-11,13-14H2/t16-,18-/m1/s1. The van der Waals surface area contributed by atoms with Crippen LogP contribution in [0.1, 0.15) is 39.4 Å². The quantitative estimate of drug-likeness (QED) is 0.524. The van der Waals surface area contributed by atoms with Crippen molar-refractivity contribution in [3.63, 3.8) is 0 Å². The minimum absolute atomic E-state index is 0.0414. The van der Waals surface area contributed by atoms with Gasteiger partial charge in [-0.3, -0.25) is 9.69 Å². The van der Waals surface area contributed by atoms with Crippen molar-refractivity contribution in [2.24, 2.45) is 0 Å². The van der Waals surface area contributed by atoms with E-state index in [1.165, 1.54) is 16.9 Å². The Hall–Kier alpha value is -2.56.